The molecule has 0 spiro atoms. The van der Waals surface area contributed by atoms with E-state index in [0.29, 0.717) is 5.92 Å². The van der Waals surface area contributed by atoms with Crippen LogP contribution < -0.4 is 10.2 Å². The van der Waals surface area contributed by atoms with E-state index in [2.05, 4.69) is 32.4 Å². The molecule has 0 aromatic carbocycles. The van der Waals surface area contributed by atoms with E-state index >= 15 is 0 Å². The van der Waals surface area contributed by atoms with Gasteiger partial charge >= 0.3 is 0 Å². The molecule has 0 radical (unpaired) electrons. The molecule has 6 heteroatoms. The molecule has 3 rings (SSSR count). The van der Waals surface area contributed by atoms with Crippen LogP contribution in [0.4, 0.5) is 5.82 Å². The van der Waals surface area contributed by atoms with Gasteiger partial charge in [-0.15, -0.1) is 5.10 Å². The lowest BCUT2D eigenvalue weighted by molar-refractivity contribution is 0.409. The Morgan fingerprint density at radius 1 is 1.28 bits per heavy atom. The zero-order valence-electron chi connectivity index (χ0n) is 10.8. The molecule has 2 aliphatic heterocycles. The Balaban J connectivity index is 1.76. The fourth-order valence-electron chi connectivity index (χ4n) is 2.67. The second-order valence-corrected chi connectivity index (χ2v) is 5.16. The Morgan fingerprint density at radius 3 is 2.83 bits per heavy atom. The zero-order valence-corrected chi connectivity index (χ0v) is 10.8. The molecule has 6 nitrogen and oxygen atoms in total. The summed E-state index contributed by atoms with van der Waals surface area (Å²) in [5, 5.41) is 11.7. The van der Waals surface area contributed by atoms with Gasteiger partial charge in [-0.25, -0.2) is 4.98 Å². The van der Waals surface area contributed by atoms with Crippen molar-refractivity contribution in [2.75, 3.05) is 51.2 Å². The second-order valence-electron chi connectivity index (χ2n) is 5.16. The van der Waals surface area contributed by atoms with Crippen LogP contribution in [-0.2, 0) is 0 Å². The van der Waals surface area contributed by atoms with Gasteiger partial charge in [-0.05, 0) is 20.0 Å². The van der Waals surface area contributed by atoms with Gasteiger partial charge in [0.25, 0.3) is 0 Å². The van der Waals surface area contributed by atoms with E-state index < -0.39 is 0 Å². The number of piperazine rings is 1. The fraction of sp³-hybridized carbons (Fsp3) is 0.750. The van der Waals surface area contributed by atoms with Gasteiger partial charge in [0.2, 0.25) is 0 Å². The summed E-state index contributed by atoms with van der Waals surface area (Å²) in [6, 6.07) is 0. The molecular weight excluding hydrogens is 228 g/mol. The number of likely N-dealkylation sites (tertiary alicyclic amines) is 1. The summed E-state index contributed by atoms with van der Waals surface area (Å²) in [6.07, 6.45) is 2.93. The standard InChI is InChI=1S/C12H20N6/c1-17-5-2-10(9-17)12-15-11(8-14-16-12)18-6-3-13-4-7-18/h8,10,13H,2-7,9H2,1H3. The molecule has 0 saturated carbocycles. The zero-order chi connectivity index (χ0) is 12.4. The molecule has 1 atom stereocenters. The highest BCUT2D eigenvalue weighted by atomic mass is 15.3. The third kappa shape index (κ3) is 2.44. The summed E-state index contributed by atoms with van der Waals surface area (Å²) >= 11 is 0. The third-order valence-corrected chi connectivity index (χ3v) is 3.76. The molecule has 1 aromatic heterocycles. The summed E-state index contributed by atoms with van der Waals surface area (Å²) in [5.41, 5.74) is 0. The highest BCUT2D eigenvalue weighted by Crippen LogP contribution is 2.24. The first-order chi connectivity index (χ1) is 8.83. The van der Waals surface area contributed by atoms with Crippen molar-refractivity contribution >= 4 is 5.82 Å². The molecule has 3 heterocycles. The summed E-state index contributed by atoms with van der Waals surface area (Å²) in [5.74, 6) is 2.34. The predicted molar refractivity (Wildman–Crippen MR) is 69.8 cm³/mol. The minimum Gasteiger partial charge on any atom is -0.353 e. The molecule has 0 aliphatic carbocycles. The van der Waals surface area contributed by atoms with Gasteiger partial charge in [0.15, 0.2) is 11.6 Å². The molecule has 2 saturated heterocycles. The first kappa shape index (κ1) is 11.8. The molecule has 18 heavy (non-hydrogen) atoms. The van der Waals surface area contributed by atoms with Crippen LogP contribution in [-0.4, -0.2) is 66.4 Å². The molecule has 2 fully saturated rings. The number of nitrogens with zero attached hydrogens (tertiary/aromatic N) is 5. The van der Waals surface area contributed by atoms with E-state index in [9.17, 15) is 0 Å². The molecular formula is C12H20N6. The molecule has 1 N–H and O–H groups in total. The predicted octanol–water partition coefficient (Wildman–Crippen LogP) is -0.300. The largest absolute Gasteiger partial charge is 0.353 e. The average Bonchev–Trinajstić information content (AvgIpc) is 2.87. The van der Waals surface area contributed by atoms with Crippen molar-refractivity contribution in [1.82, 2.24) is 25.4 Å². The molecule has 1 unspecified atom stereocenters. The number of rotatable bonds is 2. The Morgan fingerprint density at radius 2 is 2.11 bits per heavy atom. The SMILES string of the molecule is CN1CCC(c2nncc(N3CCNCC3)n2)C1. The Hall–Kier alpha value is -1.27. The number of nitrogens with one attached hydrogen (secondary N) is 1. The first-order valence-corrected chi connectivity index (χ1v) is 6.67. The lowest BCUT2D eigenvalue weighted by Gasteiger charge is -2.28. The minimum atomic E-state index is 0.449. The van der Waals surface area contributed by atoms with Crippen molar-refractivity contribution in [3.8, 4) is 0 Å². The van der Waals surface area contributed by atoms with Crippen LogP contribution in [0.15, 0.2) is 6.20 Å². The quantitative estimate of drug-likeness (QED) is 0.775. The fourth-order valence-corrected chi connectivity index (χ4v) is 2.67. The number of likely N-dealkylation sites (N-methyl/N-ethyl adjacent to an activating group) is 1. The number of hydrogen-bond acceptors (Lipinski definition) is 6. The number of aromatic nitrogens is 3. The lowest BCUT2D eigenvalue weighted by atomic mass is 10.1. The van der Waals surface area contributed by atoms with E-state index in [1.54, 1.807) is 6.20 Å². The Labute approximate surface area is 107 Å². The van der Waals surface area contributed by atoms with Gasteiger partial charge in [-0.3, -0.25) is 0 Å². The molecule has 0 amide bonds. The van der Waals surface area contributed by atoms with Crippen LogP contribution in [0.3, 0.4) is 0 Å². The maximum atomic E-state index is 4.71. The highest BCUT2D eigenvalue weighted by Gasteiger charge is 2.24. The van der Waals surface area contributed by atoms with Crippen molar-refractivity contribution < 1.29 is 0 Å². The van der Waals surface area contributed by atoms with E-state index in [-0.39, 0.29) is 0 Å². The van der Waals surface area contributed by atoms with E-state index in [1.165, 1.54) is 0 Å². The second kappa shape index (κ2) is 5.16. The Bertz CT molecular complexity index is 383. The van der Waals surface area contributed by atoms with Crippen molar-refractivity contribution in [1.29, 1.82) is 0 Å². The maximum absolute atomic E-state index is 4.71. The summed E-state index contributed by atoms with van der Waals surface area (Å²) in [7, 11) is 2.15. The van der Waals surface area contributed by atoms with Gasteiger partial charge in [-0.2, -0.15) is 5.10 Å². The van der Waals surface area contributed by atoms with Crippen molar-refractivity contribution in [2.24, 2.45) is 0 Å². The van der Waals surface area contributed by atoms with E-state index in [1.807, 2.05) is 0 Å². The molecule has 0 bridgehead atoms. The summed E-state index contributed by atoms with van der Waals surface area (Å²) in [6.45, 7) is 6.22. The minimum absolute atomic E-state index is 0.449. The van der Waals surface area contributed by atoms with Crippen LogP contribution >= 0.6 is 0 Å². The van der Waals surface area contributed by atoms with Crippen LogP contribution in [0, 0.1) is 0 Å². The van der Waals surface area contributed by atoms with Gasteiger partial charge in [0, 0.05) is 38.6 Å². The monoisotopic (exact) mass is 248 g/mol. The van der Waals surface area contributed by atoms with Crippen molar-refractivity contribution in [2.45, 2.75) is 12.3 Å². The van der Waals surface area contributed by atoms with Crippen LogP contribution in [0.25, 0.3) is 0 Å². The van der Waals surface area contributed by atoms with Gasteiger partial charge in [0.1, 0.15) is 0 Å². The van der Waals surface area contributed by atoms with Crippen LogP contribution in [0.1, 0.15) is 18.2 Å². The topological polar surface area (TPSA) is 57.2 Å². The number of hydrogen-bond donors (Lipinski definition) is 1. The molecule has 2 aliphatic rings. The van der Waals surface area contributed by atoms with Crippen molar-refractivity contribution in [3.63, 3.8) is 0 Å². The summed E-state index contributed by atoms with van der Waals surface area (Å²) in [4.78, 5) is 9.32. The van der Waals surface area contributed by atoms with E-state index in [4.69, 9.17) is 4.98 Å². The number of anilines is 1. The van der Waals surface area contributed by atoms with Crippen LogP contribution in [0.2, 0.25) is 0 Å². The first-order valence-electron chi connectivity index (χ1n) is 6.67. The van der Waals surface area contributed by atoms with Gasteiger partial charge in [0.05, 0.1) is 6.20 Å². The lowest BCUT2D eigenvalue weighted by Crippen LogP contribution is -2.44. The van der Waals surface area contributed by atoms with Gasteiger partial charge in [-0.1, -0.05) is 0 Å². The van der Waals surface area contributed by atoms with Gasteiger partial charge < -0.3 is 15.1 Å². The van der Waals surface area contributed by atoms with Crippen molar-refractivity contribution in [3.05, 3.63) is 12.0 Å². The Kier molecular flexibility index (Phi) is 3.38. The maximum Gasteiger partial charge on any atom is 0.157 e. The van der Waals surface area contributed by atoms with Crippen LogP contribution in [0.5, 0.6) is 0 Å². The normalized spacial score (nSPS) is 25.6. The third-order valence-electron chi connectivity index (χ3n) is 3.76. The smallest absolute Gasteiger partial charge is 0.157 e. The summed E-state index contributed by atoms with van der Waals surface area (Å²) < 4.78 is 0. The highest BCUT2D eigenvalue weighted by molar-refractivity contribution is 5.36. The molecule has 1 aromatic rings. The van der Waals surface area contributed by atoms with E-state index in [0.717, 1.165) is 57.3 Å². The molecule has 98 valence electrons. The average molecular weight is 248 g/mol.